The fourth-order valence-electron chi connectivity index (χ4n) is 3.47. The van der Waals surface area contributed by atoms with E-state index in [1.54, 1.807) is 0 Å². The third kappa shape index (κ3) is 1.70. The summed E-state index contributed by atoms with van der Waals surface area (Å²) in [5.41, 5.74) is -0.572. The number of fused-ring (bicyclic) bond motifs is 3. The molecule has 0 aliphatic heterocycles. The van der Waals surface area contributed by atoms with Crippen LogP contribution in [0.15, 0.2) is 0 Å². The topological polar surface area (TPSA) is 66.4 Å². The van der Waals surface area contributed by atoms with Crippen LogP contribution >= 0.6 is 0 Å². The Morgan fingerprint density at radius 1 is 1.38 bits per heavy atom. The van der Waals surface area contributed by atoms with Gasteiger partial charge in [-0.3, -0.25) is 9.59 Å². The molecule has 0 unspecified atom stereocenters. The maximum Gasteiger partial charge on any atom is 0.309 e. The van der Waals surface area contributed by atoms with Crippen molar-refractivity contribution in [2.75, 3.05) is 0 Å². The molecule has 3 rings (SSSR count). The second-order valence-corrected chi connectivity index (χ2v) is 5.50. The second kappa shape index (κ2) is 3.75. The van der Waals surface area contributed by atoms with Crippen LogP contribution in [0.2, 0.25) is 0 Å². The number of carbonyl (C=O) groups is 2. The van der Waals surface area contributed by atoms with E-state index < -0.39 is 11.4 Å². The Morgan fingerprint density at radius 2 is 2.06 bits per heavy atom. The van der Waals surface area contributed by atoms with Gasteiger partial charge in [-0.05, 0) is 44.4 Å². The van der Waals surface area contributed by atoms with E-state index in [-0.39, 0.29) is 17.9 Å². The van der Waals surface area contributed by atoms with Crippen LogP contribution in [0.5, 0.6) is 0 Å². The molecule has 0 aromatic carbocycles. The van der Waals surface area contributed by atoms with Gasteiger partial charge >= 0.3 is 5.97 Å². The number of aliphatic carboxylic acids is 1. The summed E-state index contributed by atoms with van der Waals surface area (Å²) < 4.78 is 0. The van der Waals surface area contributed by atoms with Gasteiger partial charge in [0.15, 0.2) is 0 Å². The van der Waals surface area contributed by atoms with E-state index in [0.717, 1.165) is 19.3 Å². The van der Waals surface area contributed by atoms with Crippen molar-refractivity contribution in [1.29, 1.82) is 0 Å². The zero-order valence-electron chi connectivity index (χ0n) is 9.82. The Morgan fingerprint density at radius 3 is 2.50 bits per heavy atom. The Labute approximate surface area is 95.4 Å². The molecule has 3 aliphatic rings. The molecule has 4 atom stereocenters. The normalized spacial score (nSPS) is 41.8. The van der Waals surface area contributed by atoms with E-state index in [4.69, 9.17) is 0 Å². The van der Waals surface area contributed by atoms with Gasteiger partial charge in [-0.2, -0.15) is 0 Å². The second-order valence-electron chi connectivity index (χ2n) is 5.50. The van der Waals surface area contributed by atoms with Gasteiger partial charge < -0.3 is 10.4 Å². The van der Waals surface area contributed by atoms with Crippen LogP contribution in [0.1, 0.15) is 39.5 Å². The van der Waals surface area contributed by atoms with Crippen LogP contribution in [0.3, 0.4) is 0 Å². The fraction of sp³-hybridized carbons (Fsp3) is 0.833. The first-order chi connectivity index (χ1) is 7.43. The number of carboxylic acid groups (broad SMARTS) is 1. The zero-order valence-corrected chi connectivity index (χ0v) is 9.82. The quantitative estimate of drug-likeness (QED) is 0.746. The van der Waals surface area contributed by atoms with Crippen LogP contribution in [0.4, 0.5) is 0 Å². The van der Waals surface area contributed by atoms with Crippen molar-refractivity contribution < 1.29 is 14.7 Å². The number of rotatable bonds is 2. The average molecular weight is 225 g/mol. The molecule has 0 radical (unpaired) electrons. The minimum Gasteiger partial charge on any atom is -0.481 e. The summed E-state index contributed by atoms with van der Waals surface area (Å²) in [5, 5.41) is 12.3. The molecule has 0 heterocycles. The summed E-state index contributed by atoms with van der Waals surface area (Å²) in [5.74, 6) is -0.125. The lowest BCUT2D eigenvalue weighted by Crippen LogP contribution is -2.55. The first-order valence-corrected chi connectivity index (χ1v) is 5.94. The highest BCUT2D eigenvalue weighted by Crippen LogP contribution is 2.52. The maximum absolute atomic E-state index is 11.3. The lowest BCUT2D eigenvalue weighted by molar-refractivity contribution is -0.159. The van der Waals surface area contributed by atoms with Crippen molar-refractivity contribution in [3.05, 3.63) is 0 Å². The molecule has 1 amide bonds. The summed E-state index contributed by atoms with van der Waals surface area (Å²) in [6, 6.07) is 0.198. The van der Waals surface area contributed by atoms with E-state index in [1.165, 1.54) is 6.92 Å². The van der Waals surface area contributed by atoms with E-state index in [1.807, 2.05) is 6.92 Å². The minimum atomic E-state index is -0.677. The zero-order chi connectivity index (χ0) is 11.9. The lowest BCUT2D eigenvalue weighted by Gasteiger charge is -2.51. The van der Waals surface area contributed by atoms with Gasteiger partial charge in [0.1, 0.15) is 0 Å². The van der Waals surface area contributed by atoms with Gasteiger partial charge in [-0.25, -0.2) is 0 Å². The predicted octanol–water partition coefficient (Wildman–Crippen LogP) is 1.40. The molecule has 2 bridgehead atoms. The number of hydrogen-bond donors (Lipinski definition) is 2. The molecule has 0 aromatic heterocycles. The van der Waals surface area contributed by atoms with Gasteiger partial charge in [-0.1, -0.05) is 0 Å². The molecule has 3 fully saturated rings. The molecule has 4 nitrogen and oxygen atoms in total. The first-order valence-electron chi connectivity index (χ1n) is 5.94. The molecule has 90 valence electrons. The molecule has 0 aromatic rings. The van der Waals surface area contributed by atoms with Gasteiger partial charge in [0, 0.05) is 13.0 Å². The van der Waals surface area contributed by atoms with Crippen LogP contribution in [0.25, 0.3) is 0 Å². The Hall–Kier alpha value is -1.06. The Bertz CT molecular complexity index is 328. The largest absolute Gasteiger partial charge is 0.481 e. The van der Waals surface area contributed by atoms with Gasteiger partial charge in [0.2, 0.25) is 5.91 Å². The monoisotopic (exact) mass is 225 g/mol. The van der Waals surface area contributed by atoms with Gasteiger partial charge in [-0.15, -0.1) is 0 Å². The molecule has 16 heavy (non-hydrogen) atoms. The summed E-state index contributed by atoms with van der Waals surface area (Å²) in [6.45, 7) is 3.38. The van der Waals surface area contributed by atoms with Crippen LogP contribution in [-0.2, 0) is 9.59 Å². The molecule has 3 aliphatic carbocycles. The van der Waals surface area contributed by atoms with Crippen LogP contribution in [0, 0.1) is 17.3 Å². The highest BCUT2D eigenvalue weighted by atomic mass is 16.4. The number of amides is 1. The number of carbonyl (C=O) groups excluding carboxylic acids is 1. The molecule has 4 heteroatoms. The van der Waals surface area contributed by atoms with Crippen molar-refractivity contribution in [2.45, 2.75) is 45.6 Å². The highest BCUT2D eigenvalue weighted by molar-refractivity contribution is 5.76. The summed E-state index contributed by atoms with van der Waals surface area (Å²) in [7, 11) is 0. The van der Waals surface area contributed by atoms with Crippen LogP contribution < -0.4 is 5.32 Å². The average Bonchev–Trinajstić information content (AvgIpc) is 2.18. The Kier molecular flexibility index (Phi) is 2.68. The van der Waals surface area contributed by atoms with Crippen molar-refractivity contribution >= 4 is 11.9 Å². The molecular formula is C12H19NO3. The standard InChI is InChI=1S/C12H19NO3/c1-7(14)13-10-5-9-4-3-8(10)6-12(9,2)11(15)16/h8-10H,3-6H2,1-2H3,(H,13,14)(H,15,16)/t8-,9-,10-,12-/m1/s1. The van der Waals surface area contributed by atoms with Gasteiger partial charge in [0.25, 0.3) is 0 Å². The summed E-state index contributed by atoms with van der Waals surface area (Å²) >= 11 is 0. The van der Waals surface area contributed by atoms with Crippen LogP contribution in [-0.4, -0.2) is 23.0 Å². The molecular weight excluding hydrogens is 206 g/mol. The smallest absolute Gasteiger partial charge is 0.309 e. The van der Waals surface area contributed by atoms with Crippen molar-refractivity contribution in [3.63, 3.8) is 0 Å². The van der Waals surface area contributed by atoms with E-state index in [2.05, 4.69) is 5.32 Å². The third-order valence-corrected chi connectivity index (χ3v) is 4.46. The predicted molar refractivity (Wildman–Crippen MR) is 58.8 cm³/mol. The highest BCUT2D eigenvalue weighted by Gasteiger charge is 2.52. The molecule has 2 N–H and O–H groups in total. The maximum atomic E-state index is 11.3. The minimum absolute atomic E-state index is 0.00502. The lowest BCUT2D eigenvalue weighted by atomic mass is 9.55. The summed E-state index contributed by atoms with van der Waals surface area (Å²) in [6.07, 6.45) is 3.58. The molecule has 0 spiro atoms. The van der Waals surface area contributed by atoms with Crippen molar-refractivity contribution in [1.82, 2.24) is 5.32 Å². The third-order valence-electron chi connectivity index (χ3n) is 4.46. The van der Waals surface area contributed by atoms with Gasteiger partial charge in [0.05, 0.1) is 5.41 Å². The van der Waals surface area contributed by atoms with E-state index >= 15 is 0 Å². The first kappa shape index (κ1) is 11.4. The fourth-order valence-corrected chi connectivity index (χ4v) is 3.47. The SMILES string of the molecule is CC(=O)N[C@@H]1C[C@H]2CC[C@@H]1C[C@@]2(C)C(=O)O. The van der Waals surface area contributed by atoms with Crippen molar-refractivity contribution in [2.24, 2.45) is 17.3 Å². The number of carboxylic acids is 1. The Balaban J connectivity index is 2.12. The van der Waals surface area contributed by atoms with E-state index in [9.17, 15) is 14.7 Å². The summed E-state index contributed by atoms with van der Waals surface area (Å²) in [4.78, 5) is 22.4. The molecule has 0 saturated heterocycles. The van der Waals surface area contributed by atoms with Crippen molar-refractivity contribution in [3.8, 4) is 0 Å². The van der Waals surface area contributed by atoms with E-state index in [0.29, 0.717) is 12.3 Å². The number of hydrogen-bond acceptors (Lipinski definition) is 2. The number of nitrogens with one attached hydrogen (secondary N) is 1. The molecule has 3 saturated carbocycles.